The third-order valence-corrected chi connectivity index (χ3v) is 4.52. The summed E-state index contributed by atoms with van der Waals surface area (Å²) in [5, 5.41) is 3.95. The van der Waals surface area contributed by atoms with Crippen LogP contribution >= 0.6 is 11.6 Å². The van der Waals surface area contributed by atoms with Crippen LogP contribution in [-0.4, -0.2) is 15.9 Å². The van der Waals surface area contributed by atoms with E-state index < -0.39 is 11.4 Å². The number of carbonyl (C=O) groups is 1. The molecule has 26 heavy (non-hydrogen) atoms. The lowest BCUT2D eigenvalue weighted by atomic mass is 9.83. The number of hydrogen-bond acceptors (Lipinski definition) is 4. The molecule has 0 aliphatic heterocycles. The number of nitrogens with one attached hydrogen (secondary N) is 1. The molecule has 5 nitrogen and oxygen atoms in total. The SMILES string of the molecule is NC(=O)C(Cc1cccnc1)(NCc1cccnc1)c1ccc(Cl)cc1. The highest BCUT2D eigenvalue weighted by Crippen LogP contribution is 2.28. The van der Waals surface area contributed by atoms with Crippen LogP contribution in [0.5, 0.6) is 0 Å². The van der Waals surface area contributed by atoms with E-state index >= 15 is 0 Å². The average molecular weight is 367 g/mol. The zero-order valence-electron chi connectivity index (χ0n) is 14.1. The van der Waals surface area contributed by atoms with Crippen molar-refractivity contribution in [3.63, 3.8) is 0 Å². The van der Waals surface area contributed by atoms with Gasteiger partial charge in [0, 0.05) is 42.8 Å². The van der Waals surface area contributed by atoms with E-state index in [1.165, 1.54) is 0 Å². The maximum Gasteiger partial charge on any atom is 0.242 e. The van der Waals surface area contributed by atoms with Crippen LogP contribution in [0, 0.1) is 0 Å². The second-order valence-electron chi connectivity index (χ2n) is 6.03. The molecule has 2 aromatic heterocycles. The Kier molecular flexibility index (Phi) is 5.61. The quantitative estimate of drug-likeness (QED) is 0.673. The van der Waals surface area contributed by atoms with Gasteiger partial charge in [0.1, 0.15) is 5.54 Å². The number of hydrogen-bond donors (Lipinski definition) is 2. The molecule has 0 radical (unpaired) electrons. The predicted octanol–water partition coefficient (Wildman–Crippen LogP) is 2.84. The molecule has 0 aliphatic rings. The summed E-state index contributed by atoms with van der Waals surface area (Å²) in [4.78, 5) is 20.9. The summed E-state index contributed by atoms with van der Waals surface area (Å²) >= 11 is 6.02. The molecular weight excluding hydrogens is 348 g/mol. The van der Waals surface area contributed by atoms with Crippen LogP contribution in [0.25, 0.3) is 0 Å². The minimum atomic E-state index is -1.09. The normalized spacial score (nSPS) is 13.1. The van der Waals surface area contributed by atoms with Crippen molar-refractivity contribution in [2.45, 2.75) is 18.5 Å². The van der Waals surface area contributed by atoms with Gasteiger partial charge in [-0.3, -0.25) is 20.1 Å². The Morgan fingerprint density at radius 3 is 2.15 bits per heavy atom. The summed E-state index contributed by atoms with van der Waals surface area (Å²) in [6.45, 7) is 0.444. The lowest BCUT2D eigenvalue weighted by Gasteiger charge is -2.33. The van der Waals surface area contributed by atoms with Crippen LogP contribution in [0.3, 0.4) is 0 Å². The highest BCUT2D eigenvalue weighted by atomic mass is 35.5. The third kappa shape index (κ3) is 4.07. The number of benzene rings is 1. The number of nitrogens with zero attached hydrogens (tertiary/aromatic N) is 2. The van der Waals surface area contributed by atoms with E-state index in [1.807, 2.05) is 36.4 Å². The molecule has 0 bridgehead atoms. The molecule has 132 valence electrons. The van der Waals surface area contributed by atoms with Crippen LogP contribution in [0.15, 0.2) is 73.3 Å². The van der Waals surface area contributed by atoms with E-state index in [2.05, 4.69) is 15.3 Å². The van der Waals surface area contributed by atoms with Gasteiger partial charge < -0.3 is 5.73 Å². The van der Waals surface area contributed by atoms with Crippen LogP contribution in [0.4, 0.5) is 0 Å². The van der Waals surface area contributed by atoms with E-state index in [4.69, 9.17) is 17.3 Å². The van der Waals surface area contributed by atoms with E-state index in [9.17, 15) is 4.79 Å². The largest absolute Gasteiger partial charge is 0.368 e. The Labute approximate surface area is 157 Å². The Hall–Kier alpha value is -2.76. The Morgan fingerprint density at radius 1 is 1.00 bits per heavy atom. The number of nitrogens with two attached hydrogens (primary N) is 1. The number of carbonyl (C=O) groups excluding carboxylic acids is 1. The fourth-order valence-electron chi connectivity index (χ4n) is 2.88. The second kappa shape index (κ2) is 8.08. The van der Waals surface area contributed by atoms with Crippen molar-refractivity contribution in [2.75, 3.05) is 0 Å². The summed E-state index contributed by atoms with van der Waals surface area (Å²) in [7, 11) is 0. The Balaban J connectivity index is 1.99. The first kappa shape index (κ1) is 18.0. The van der Waals surface area contributed by atoms with Crippen LogP contribution in [0.2, 0.25) is 5.02 Å². The molecule has 3 aromatic rings. The summed E-state index contributed by atoms with van der Waals surface area (Å²) < 4.78 is 0. The lowest BCUT2D eigenvalue weighted by Crippen LogP contribution is -2.54. The molecule has 0 spiro atoms. The predicted molar refractivity (Wildman–Crippen MR) is 101 cm³/mol. The highest BCUT2D eigenvalue weighted by molar-refractivity contribution is 6.30. The van der Waals surface area contributed by atoms with Crippen molar-refractivity contribution in [3.8, 4) is 0 Å². The molecule has 0 fully saturated rings. The van der Waals surface area contributed by atoms with Crippen molar-refractivity contribution >= 4 is 17.5 Å². The first-order chi connectivity index (χ1) is 12.6. The summed E-state index contributed by atoms with van der Waals surface area (Å²) in [6, 6.07) is 14.7. The lowest BCUT2D eigenvalue weighted by molar-refractivity contribution is -0.125. The zero-order chi connectivity index (χ0) is 18.4. The molecular formula is C20H19ClN4O. The highest BCUT2D eigenvalue weighted by Gasteiger charge is 2.38. The molecule has 0 saturated heterocycles. The van der Waals surface area contributed by atoms with Gasteiger partial charge in [0.15, 0.2) is 0 Å². The fourth-order valence-corrected chi connectivity index (χ4v) is 3.01. The van der Waals surface area contributed by atoms with Crippen LogP contribution < -0.4 is 11.1 Å². The summed E-state index contributed by atoms with van der Waals surface area (Å²) in [6.07, 6.45) is 7.27. The van der Waals surface area contributed by atoms with Crippen LogP contribution in [-0.2, 0) is 23.3 Å². The van der Waals surface area contributed by atoms with Gasteiger partial charge >= 0.3 is 0 Å². The first-order valence-corrected chi connectivity index (χ1v) is 8.57. The first-order valence-electron chi connectivity index (χ1n) is 8.19. The molecule has 3 rings (SSSR count). The molecule has 1 atom stereocenters. The van der Waals surface area contributed by atoms with Gasteiger partial charge in [-0.2, -0.15) is 0 Å². The van der Waals surface area contributed by atoms with E-state index in [1.54, 1.807) is 36.9 Å². The number of aromatic nitrogens is 2. The molecule has 0 aliphatic carbocycles. The Morgan fingerprint density at radius 2 is 1.62 bits per heavy atom. The molecule has 0 saturated carbocycles. The minimum Gasteiger partial charge on any atom is -0.368 e. The molecule has 6 heteroatoms. The van der Waals surface area contributed by atoms with Gasteiger partial charge in [0.05, 0.1) is 0 Å². The average Bonchev–Trinajstić information content (AvgIpc) is 2.67. The molecule has 2 heterocycles. The van der Waals surface area contributed by atoms with Crippen molar-refractivity contribution in [3.05, 3.63) is 95.0 Å². The number of primary amides is 1. The second-order valence-corrected chi connectivity index (χ2v) is 6.47. The van der Waals surface area contributed by atoms with Gasteiger partial charge in [0.25, 0.3) is 0 Å². The third-order valence-electron chi connectivity index (χ3n) is 4.27. The maximum absolute atomic E-state index is 12.6. The van der Waals surface area contributed by atoms with E-state index in [-0.39, 0.29) is 0 Å². The van der Waals surface area contributed by atoms with Crippen LogP contribution in [0.1, 0.15) is 16.7 Å². The number of halogens is 1. The van der Waals surface area contributed by atoms with Crippen molar-refractivity contribution in [2.24, 2.45) is 5.73 Å². The van der Waals surface area contributed by atoms with Gasteiger partial charge in [-0.25, -0.2) is 0 Å². The number of pyridine rings is 2. The van der Waals surface area contributed by atoms with E-state index in [0.29, 0.717) is 18.0 Å². The van der Waals surface area contributed by atoms with Gasteiger partial charge in [-0.1, -0.05) is 35.9 Å². The van der Waals surface area contributed by atoms with Gasteiger partial charge in [-0.15, -0.1) is 0 Å². The molecule has 1 unspecified atom stereocenters. The monoisotopic (exact) mass is 366 g/mol. The van der Waals surface area contributed by atoms with Crippen molar-refractivity contribution < 1.29 is 4.79 Å². The van der Waals surface area contributed by atoms with Gasteiger partial charge in [0.2, 0.25) is 5.91 Å². The van der Waals surface area contributed by atoms with Crippen molar-refractivity contribution in [1.29, 1.82) is 0 Å². The molecule has 3 N–H and O–H groups in total. The topological polar surface area (TPSA) is 80.9 Å². The minimum absolute atomic E-state index is 0.373. The number of amides is 1. The zero-order valence-corrected chi connectivity index (χ0v) is 14.9. The molecule has 1 aromatic carbocycles. The van der Waals surface area contributed by atoms with Gasteiger partial charge in [-0.05, 0) is 41.0 Å². The van der Waals surface area contributed by atoms with Crippen molar-refractivity contribution in [1.82, 2.24) is 15.3 Å². The maximum atomic E-state index is 12.6. The summed E-state index contributed by atoms with van der Waals surface area (Å²) in [5.74, 6) is -0.465. The smallest absolute Gasteiger partial charge is 0.242 e. The Bertz CT molecular complexity index is 856. The standard InChI is InChI=1S/C20H19ClN4O/c21-18-7-5-17(6-8-18)20(19(22)26,11-15-3-1-9-23-12-15)25-14-16-4-2-10-24-13-16/h1-10,12-13,25H,11,14H2,(H2,22,26). The molecule has 1 amide bonds. The number of rotatable bonds is 7. The fraction of sp³-hybridized carbons (Fsp3) is 0.150. The van der Waals surface area contributed by atoms with E-state index in [0.717, 1.165) is 16.7 Å². The summed E-state index contributed by atoms with van der Waals surface area (Å²) in [5.41, 5.74) is 7.40.